The molecule has 0 unspecified atom stereocenters. The van der Waals surface area contributed by atoms with Gasteiger partial charge in [-0.15, -0.1) is 13.2 Å². The summed E-state index contributed by atoms with van der Waals surface area (Å²) in [6, 6.07) is 10.7. The van der Waals surface area contributed by atoms with Crippen LogP contribution >= 0.6 is 0 Å². The van der Waals surface area contributed by atoms with Crippen LogP contribution in [0.5, 0.6) is 17.2 Å². The maximum Gasteiger partial charge on any atom is 0.573 e. The van der Waals surface area contributed by atoms with Gasteiger partial charge in [0.25, 0.3) is 0 Å². The molecule has 156 valence electrons. The van der Waals surface area contributed by atoms with E-state index in [9.17, 15) is 18.3 Å². The van der Waals surface area contributed by atoms with Crippen LogP contribution in [0, 0.1) is 5.41 Å². The SMILES string of the molecule is CN1CC(C)([C@@](O)(c2ccc(OC(F)(F)F)cc2)c2ccc3c(c2)OCCO3)C1. The molecule has 0 bridgehead atoms. The summed E-state index contributed by atoms with van der Waals surface area (Å²) >= 11 is 0. The lowest BCUT2D eigenvalue weighted by Gasteiger charge is -2.56. The van der Waals surface area contributed by atoms with Crippen molar-refractivity contribution in [1.29, 1.82) is 0 Å². The summed E-state index contributed by atoms with van der Waals surface area (Å²) in [6.07, 6.45) is -4.77. The average molecular weight is 409 g/mol. The maximum absolute atomic E-state index is 12.5. The molecule has 1 atom stereocenters. The van der Waals surface area contributed by atoms with Gasteiger partial charge in [-0.05, 0) is 42.4 Å². The van der Waals surface area contributed by atoms with Gasteiger partial charge >= 0.3 is 6.36 Å². The Balaban J connectivity index is 1.76. The van der Waals surface area contributed by atoms with E-state index in [0.717, 1.165) is 0 Å². The van der Waals surface area contributed by atoms with Gasteiger partial charge in [-0.2, -0.15) is 0 Å². The third kappa shape index (κ3) is 3.51. The Morgan fingerprint density at radius 1 is 0.966 bits per heavy atom. The minimum Gasteiger partial charge on any atom is -0.486 e. The zero-order valence-corrected chi connectivity index (χ0v) is 16.1. The molecule has 1 fully saturated rings. The van der Waals surface area contributed by atoms with Crippen molar-refractivity contribution in [2.45, 2.75) is 18.9 Å². The number of hydrogen-bond donors (Lipinski definition) is 1. The van der Waals surface area contributed by atoms with Crippen LogP contribution in [0.4, 0.5) is 13.2 Å². The predicted molar refractivity (Wildman–Crippen MR) is 99.2 cm³/mol. The number of ether oxygens (including phenoxy) is 3. The lowest BCUT2D eigenvalue weighted by atomic mass is 9.62. The fourth-order valence-corrected chi connectivity index (χ4v) is 4.40. The molecule has 1 N–H and O–H groups in total. The van der Waals surface area contributed by atoms with Crippen molar-refractivity contribution in [3.05, 3.63) is 53.6 Å². The van der Waals surface area contributed by atoms with Gasteiger partial charge in [-0.1, -0.05) is 25.1 Å². The quantitative estimate of drug-likeness (QED) is 0.837. The number of nitrogens with zero attached hydrogens (tertiary/aromatic N) is 1. The van der Waals surface area contributed by atoms with Gasteiger partial charge in [0.15, 0.2) is 11.5 Å². The van der Waals surface area contributed by atoms with Crippen LogP contribution in [0.3, 0.4) is 0 Å². The molecule has 0 aromatic heterocycles. The van der Waals surface area contributed by atoms with E-state index in [-0.39, 0.29) is 5.75 Å². The van der Waals surface area contributed by atoms with E-state index >= 15 is 0 Å². The van der Waals surface area contributed by atoms with E-state index in [0.29, 0.717) is 48.9 Å². The number of halogens is 3. The molecule has 0 aliphatic carbocycles. The highest BCUT2D eigenvalue weighted by molar-refractivity contribution is 5.50. The summed E-state index contributed by atoms with van der Waals surface area (Å²) in [5.74, 6) is 0.814. The summed E-state index contributed by atoms with van der Waals surface area (Å²) in [5, 5.41) is 12.0. The normalized spacial score (nSPS) is 20.5. The topological polar surface area (TPSA) is 51.2 Å². The molecular formula is C21H22F3NO4. The first-order valence-corrected chi connectivity index (χ1v) is 9.28. The third-order valence-electron chi connectivity index (χ3n) is 5.58. The van der Waals surface area contributed by atoms with E-state index < -0.39 is 17.4 Å². The summed E-state index contributed by atoms with van der Waals surface area (Å²) in [6.45, 7) is 4.08. The number of alkyl halides is 3. The average Bonchev–Trinajstić information content (AvgIpc) is 2.65. The minimum atomic E-state index is -4.77. The highest BCUT2D eigenvalue weighted by atomic mass is 19.4. The zero-order chi connectivity index (χ0) is 20.9. The van der Waals surface area contributed by atoms with Crippen LogP contribution in [0.1, 0.15) is 18.1 Å². The van der Waals surface area contributed by atoms with Crippen LogP contribution < -0.4 is 14.2 Å². The van der Waals surface area contributed by atoms with Crippen molar-refractivity contribution in [2.75, 3.05) is 33.4 Å². The molecule has 0 spiro atoms. The number of rotatable bonds is 4. The second kappa shape index (κ2) is 6.81. The van der Waals surface area contributed by atoms with Crippen molar-refractivity contribution in [3.8, 4) is 17.2 Å². The molecule has 2 heterocycles. The Kier molecular flexibility index (Phi) is 4.66. The molecule has 5 nitrogen and oxygen atoms in total. The molecule has 29 heavy (non-hydrogen) atoms. The first kappa shape index (κ1) is 19.8. The van der Waals surface area contributed by atoms with Crippen molar-refractivity contribution in [2.24, 2.45) is 5.41 Å². The van der Waals surface area contributed by atoms with E-state index in [1.54, 1.807) is 18.2 Å². The number of fused-ring (bicyclic) bond motifs is 1. The minimum absolute atomic E-state index is 0.332. The first-order valence-electron chi connectivity index (χ1n) is 9.28. The molecule has 2 aliphatic heterocycles. The number of aliphatic hydroxyl groups is 1. The van der Waals surface area contributed by atoms with Crippen molar-refractivity contribution >= 4 is 0 Å². The lowest BCUT2D eigenvalue weighted by molar-refractivity contribution is -0.274. The van der Waals surface area contributed by atoms with Gasteiger partial charge in [-0.25, -0.2) is 0 Å². The van der Waals surface area contributed by atoms with Gasteiger partial charge in [0.2, 0.25) is 0 Å². The standard InChI is InChI=1S/C21H22F3NO4/c1-19(12-25(2)13-19)20(26,14-3-6-16(7-4-14)29-21(22,23)24)15-5-8-17-18(11-15)28-10-9-27-17/h3-8,11,26H,9-10,12-13H2,1-2H3/t20-/m1/s1. The number of hydrogen-bond acceptors (Lipinski definition) is 5. The molecule has 2 aliphatic rings. The van der Waals surface area contributed by atoms with Gasteiger partial charge < -0.3 is 24.2 Å². The van der Waals surface area contributed by atoms with Crippen LogP contribution in [0.25, 0.3) is 0 Å². The molecule has 0 amide bonds. The van der Waals surface area contributed by atoms with E-state index in [1.165, 1.54) is 24.3 Å². The summed E-state index contributed by atoms with van der Waals surface area (Å²) in [4.78, 5) is 2.07. The van der Waals surface area contributed by atoms with Crippen LogP contribution in [-0.4, -0.2) is 49.7 Å². The Morgan fingerprint density at radius 2 is 1.55 bits per heavy atom. The fraction of sp³-hybridized carbons (Fsp3) is 0.429. The fourth-order valence-electron chi connectivity index (χ4n) is 4.40. The smallest absolute Gasteiger partial charge is 0.486 e. The van der Waals surface area contributed by atoms with Gasteiger partial charge in [0.05, 0.1) is 0 Å². The third-order valence-corrected chi connectivity index (χ3v) is 5.58. The van der Waals surface area contributed by atoms with Gasteiger partial charge in [-0.3, -0.25) is 0 Å². The molecule has 0 saturated carbocycles. The van der Waals surface area contributed by atoms with Crippen molar-refractivity contribution < 1.29 is 32.5 Å². The maximum atomic E-state index is 12.5. The molecule has 4 rings (SSSR count). The molecule has 2 aromatic carbocycles. The molecule has 1 saturated heterocycles. The van der Waals surface area contributed by atoms with Crippen LogP contribution in [0.2, 0.25) is 0 Å². The van der Waals surface area contributed by atoms with Crippen molar-refractivity contribution in [1.82, 2.24) is 4.90 Å². The largest absolute Gasteiger partial charge is 0.573 e. The molecular weight excluding hydrogens is 387 g/mol. The van der Waals surface area contributed by atoms with Gasteiger partial charge in [0.1, 0.15) is 24.6 Å². The Bertz CT molecular complexity index is 894. The highest BCUT2D eigenvalue weighted by Gasteiger charge is 2.55. The number of benzene rings is 2. The Morgan fingerprint density at radius 3 is 2.14 bits per heavy atom. The molecule has 0 radical (unpaired) electrons. The van der Waals surface area contributed by atoms with Crippen LogP contribution in [-0.2, 0) is 5.60 Å². The Hall–Kier alpha value is -2.45. The van der Waals surface area contributed by atoms with Crippen LogP contribution in [0.15, 0.2) is 42.5 Å². The van der Waals surface area contributed by atoms with E-state index in [1.807, 2.05) is 14.0 Å². The van der Waals surface area contributed by atoms with Gasteiger partial charge in [0, 0.05) is 18.5 Å². The zero-order valence-electron chi connectivity index (χ0n) is 16.1. The molecule has 2 aromatic rings. The first-order chi connectivity index (χ1) is 13.6. The second-order valence-corrected chi connectivity index (χ2v) is 7.87. The highest BCUT2D eigenvalue weighted by Crippen LogP contribution is 2.51. The summed E-state index contributed by atoms with van der Waals surface area (Å²) in [5.41, 5.74) is -0.898. The van der Waals surface area contributed by atoms with E-state index in [4.69, 9.17) is 9.47 Å². The number of likely N-dealkylation sites (tertiary alicyclic amines) is 1. The molecule has 8 heteroatoms. The second-order valence-electron chi connectivity index (χ2n) is 7.87. The monoisotopic (exact) mass is 409 g/mol. The summed E-state index contributed by atoms with van der Waals surface area (Å²) < 4.78 is 52.7. The summed E-state index contributed by atoms with van der Waals surface area (Å²) in [7, 11) is 1.95. The predicted octanol–water partition coefficient (Wildman–Crippen LogP) is 3.54. The lowest BCUT2D eigenvalue weighted by Crippen LogP contribution is -2.63. The van der Waals surface area contributed by atoms with Crippen molar-refractivity contribution in [3.63, 3.8) is 0 Å². The Labute approximate surface area is 166 Å². The van der Waals surface area contributed by atoms with E-state index in [2.05, 4.69) is 9.64 Å².